The van der Waals surface area contributed by atoms with E-state index in [1.54, 1.807) is 12.1 Å². The van der Waals surface area contributed by atoms with Gasteiger partial charge in [0.25, 0.3) is 5.69 Å². The van der Waals surface area contributed by atoms with Crippen LogP contribution < -0.4 is 0 Å². The molecule has 2 fully saturated rings. The summed E-state index contributed by atoms with van der Waals surface area (Å²) in [7, 11) is -1.59. The second kappa shape index (κ2) is 12.6. The lowest BCUT2D eigenvalue weighted by Gasteiger charge is -2.64. The summed E-state index contributed by atoms with van der Waals surface area (Å²) in [6.45, 7) is 15.0. The highest BCUT2D eigenvalue weighted by Crippen LogP contribution is 2.54. The Kier molecular flexibility index (Phi) is 9.71. The van der Waals surface area contributed by atoms with Crippen molar-refractivity contribution in [3.63, 3.8) is 0 Å². The summed E-state index contributed by atoms with van der Waals surface area (Å²) >= 11 is 1.21. The molecule has 0 saturated carbocycles. The number of hydrogen-bond acceptors (Lipinski definition) is 7. The Morgan fingerprint density at radius 1 is 1.14 bits per heavy atom. The number of rotatable bonds is 10. The van der Waals surface area contributed by atoms with Crippen LogP contribution in [0, 0.1) is 27.4 Å². The van der Waals surface area contributed by atoms with E-state index >= 15 is 0 Å². The first-order valence-electron chi connectivity index (χ1n) is 14.9. The minimum Gasteiger partial charge on any atom is -0.414 e. The standard InChI is InChI=1S/C32H44N2O6SSi/c1-22(29(36)41-25-13-9-8-10-14-25)27-26(31(5,30(2,3)4)40-42(6)7)28(35)33(27)32(19-11-12-20-39-32)21-23-15-17-24(18-16-23)34(37)38/h8-10,13-18,22,26-27,42H,11-12,19-21H2,1-7H3/t22?,26-,27-,31-,32?/m1/s1. The quantitative estimate of drug-likeness (QED) is 0.0977. The number of likely N-dealkylation sites (tertiary alicyclic amines) is 1. The zero-order valence-corrected chi connectivity index (χ0v) is 27.8. The molecule has 228 valence electrons. The Morgan fingerprint density at radius 2 is 1.79 bits per heavy atom. The molecule has 5 atom stereocenters. The number of nitro benzene ring substituents is 1. The molecule has 42 heavy (non-hydrogen) atoms. The second-order valence-electron chi connectivity index (χ2n) is 13.1. The van der Waals surface area contributed by atoms with Crippen molar-refractivity contribution in [1.29, 1.82) is 0 Å². The van der Waals surface area contributed by atoms with Gasteiger partial charge < -0.3 is 14.1 Å². The molecule has 4 rings (SSSR count). The molecular formula is C32H44N2O6SSi. The maximum Gasteiger partial charge on any atom is 0.269 e. The van der Waals surface area contributed by atoms with Gasteiger partial charge in [-0.3, -0.25) is 19.7 Å². The van der Waals surface area contributed by atoms with E-state index in [1.807, 2.05) is 49.1 Å². The minimum absolute atomic E-state index is 0.00644. The molecule has 2 aromatic rings. The average molecular weight is 613 g/mol. The first kappa shape index (κ1) is 32.4. The number of benzene rings is 2. The minimum atomic E-state index is -1.59. The van der Waals surface area contributed by atoms with E-state index in [4.69, 9.17) is 9.16 Å². The lowest BCUT2D eigenvalue weighted by molar-refractivity contribution is -0.384. The molecule has 2 aliphatic heterocycles. The molecule has 8 nitrogen and oxygen atoms in total. The Labute approximate surface area is 255 Å². The van der Waals surface area contributed by atoms with Crippen LogP contribution in [0.3, 0.4) is 0 Å². The van der Waals surface area contributed by atoms with Gasteiger partial charge in [-0.25, -0.2) is 0 Å². The summed E-state index contributed by atoms with van der Waals surface area (Å²) in [5, 5.41) is 11.3. The topological polar surface area (TPSA) is 99.0 Å². The molecule has 10 heteroatoms. The number of thioether (sulfide) groups is 1. The van der Waals surface area contributed by atoms with Crippen molar-refractivity contribution in [2.75, 3.05) is 6.61 Å². The lowest BCUT2D eigenvalue weighted by Crippen LogP contribution is -2.79. The van der Waals surface area contributed by atoms with Crippen molar-refractivity contribution in [1.82, 2.24) is 4.90 Å². The normalized spacial score (nSPS) is 25.0. The van der Waals surface area contributed by atoms with Gasteiger partial charge in [0, 0.05) is 36.0 Å². The lowest BCUT2D eigenvalue weighted by atomic mass is 9.60. The molecule has 0 N–H and O–H groups in total. The van der Waals surface area contributed by atoms with Crippen LogP contribution in [0.5, 0.6) is 0 Å². The van der Waals surface area contributed by atoms with E-state index in [-0.39, 0.29) is 22.1 Å². The first-order chi connectivity index (χ1) is 19.7. The average Bonchev–Trinajstić information content (AvgIpc) is 2.91. The third kappa shape index (κ3) is 6.37. The van der Waals surface area contributed by atoms with E-state index in [1.165, 1.54) is 23.9 Å². The Morgan fingerprint density at radius 3 is 2.31 bits per heavy atom. The highest BCUT2D eigenvalue weighted by atomic mass is 32.2. The molecule has 0 bridgehead atoms. The molecule has 2 aromatic carbocycles. The summed E-state index contributed by atoms with van der Waals surface area (Å²) < 4.78 is 13.3. The van der Waals surface area contributed by atoms with Gasteiger partial charge in [-0.15, -0.1) is 0 Å². The smallest absolute Gasteiger partial charge is 0.269 e. The summed E-state index contributed by atoms with van der Waals surface area (Å²) in [5.41, 5.74) is -1.25. The number of carbonyl (C=O) groups is 2. The van der Waals surface area contributed by atoms with Crippen LogP contribution >= 0.6 is 11.8 Å². The number of nitro groups is 1. The largest absolute Gasteiger partial charge is 0.414 e. The van der Waals surface area contributed by atoms with Crippen molar-refractivity contribution in [3.8, 4) is 0 Å². The number of hydrogen-bond donors (Lipinski definition) is 0. The highest BCUT2D eigenvalue weighted by Gasteiger charge is 2.67. The van der Waals surface area contributed by atoms with Crippen LogP contribution in [0.1, 0.15) is 59.4 Å². The van der Waals surface area contributed by atoms with Crippen LogP contribution in [0.25, 0.3) is 0 Å². The van der Waals surface area contributed by atoms with Crippen LogP contribution in [-0.4, -0.2) is 53.9 Å². The van der Waals surface area contributed by atoms with E-state index in [0.717, 1.165) is 23.3 Å². The van der Waals surface area contributed by atoms with Gasteiger partial charge in [0.1, 0.15) is 5.72 Å². The van der Waals surface area contributed by atoms with E-state index in [9.17, 15) is 19.7 Å². The van der Waals surface area contributed by atoms with Crippen molar-refractivity contribution in [2.24, 2.45) is 17.3 Å². The fourth-order valence-corrected chi connectivity index (χ4v) is 8.74. The maximum atomic E-state index is 14.5. The number of amides is 1. The molecule has 0 spiro atoms. The molecule has 2 heterocycles. The number of nitrogens with zero attached hydrogens (tertiary/aromatic N) is 2. The molecule has 2 unspecified atom stereocenters. The zero-order valence-electron chi connectivity index (χ0n) is 25.8. The van der Waals surface area contributed by atoms with Gasteiger partial charge in [-0.05, 0) is 62.4 Å². The van der Waals surface area contributed by atoms with E-state index < -0.39 is 43.2 Å². The number of ether oxygens (including phenoxy) is 1. The second-order valence-corrected chi connectivity index (χ2v) is 16.5. The Hall–Kier alpha value is -2.53. The number of carbonyl (C=O) groups excluding carboxylic acids is 2. The van der Waals surface area contributed by atoms with Gasteiger partial charge in [-0.2, -0.15) is 0 Å². The summed E-state index contributed by atoms with van der Waals surface area (Å²) in [5.74, 6) is -1.07. The van der Waals surface area contributed by atoms with Gasteiger partial charge >= 0.3 is 0 Å². The molecule has 2 saturated heterocycles. The molecule has 2 aliphatic rings. The predicted molar refractivity (Wildman–Crippen MR) is 168 cm³/mol. The molecule has 0 radical (unpaired) electrons. The SMILES string of the molecule is CC(C(=O)Sc1ccccc1)[C@@H]1[C@@H]([C@@](C)(O[SiH](C)C)C(C)(C)C)C(=O)N1C1(Cc2ccc([N+](=O)[O-])cc2)CCCCO1. The van der Waals surface area contributed by atoms with Crippen LogP contribution in [0.15, 0.2) is 59.5 Å². The zero-order chi connectivity index (χ0) is 30.9. The number of β-lactam (4-membered cyclic amide) rings is 1. The van der Waals surface area contributed by atoms with Gasteiger partial charge in [0.05, 0.1) is 22.5 Å². The Bertz CT molecular complexity index is 1280. The van der Waals surface area contributed by atoms with Gasteiger partial charge in [0.2, 0.25) is 5.91 Å². The molecule has 0 aromatic heterocycles. The van der Waals surface area contributed by atoms with Crippen LogP contribution in [0.4, 0.5) is 5.69 Å². The summed E-state index contributed by atoms with van der Waals surface area (Å²) in [4.78, 5) is 42.0. The third-order valence-corrected chi connectivity index (χ3v) is 11.0. The first-order valence-corrected chi connectivity index (χ1v) is 18.4. The maximum absolute atomic E-state index is 14.5. The predicted octanol–water partition coefficient (Wildman–Crippen LogP) is 6.62. The van der Waals surface area contributed by atoms with Crippen molar-refractivity contribution >= 4 is 37.5 Å². The van der Waals surface area contributed by atoms with Gasteiger partial charge in [-0.1, -0.05) is 69.8 Å². The highest BCUT2D eigenvalue weighted by molar-refractivity contribution is 8.13. The third-order valence-electron chi connectivity index (χ3n) is 8.95. The van der Waals surface area contributed by atoms with E-state index in [2.05, 4.69) is 33.9 Å². The van der Waals surface area contributed by atoms with Crippen molar-refractivity contribution in [2.45, 2.75) is 95.7 Å². The molecule has 0 aliphatic carbocycles. The van der Waals surface area contributed by atoms with Crippen molar-refractivity contribution < 1.29 is 23.7 Å². The van der Waals surface area contributed by atoms with Crippen LogP contribution in [0.2, 0.25) is 13.1 Å². The fourth-order valence-electron chi connectivity index (χ4n) is 6.41. The molecular weight excluding hydrogens is 569 g/mol. The van der Waals surface area contributed by atoms with Crippen molar-refractivity contribution in [3.05, 3.63) is 70.3 Å². The van der Waals surface area contributed by atoms with E-state index in [0.29, 0.717) is 19.4 Å². The summed E-state index contributed by atoms with van der Waals surface area (Å²) in [6, 6.07) is 15.6. The molecule has 1 amide bonds. The van der Waals surface area contributed by atoms with Gasteiger partial charge in [0.15, 0.2) is 14.2 Å². The fraction of sp³-hybridized carbons (Fsp3) is 0.562. The Balaban J connectivity index is 1.77. The monoisotopic (exact) mass is 612 g/mol. The number of non-ortho nitro benzene ring substituents is 1. The summed E-state index contributed by atoms with van der Waals surface area (Å²) in [6.07, 6.45) is 2.77. The van der Waals surface area contributed by atoms with Crippen LogP contribution in [-0.2, 0) is 25.2 Å².